The highest BCUT2D eigenvalue weighted by Gasteiger charge is 2.17. The molecule has 1 heterocycles. The van der Waals surface area contributed by atoms with E-state index in [4.69, 9.17) is 9.47 Å². The molecule has 0 saturated carbocycles. The van der Waals surface area contributed by atoms with E-state index in [-0.39, 0.29) is 11.5 Å². The number of aromatic amines is 1. The minimum atomic E-state index is -0.122. The third-order valence-electron chi connectivity index (χ3n) is 3.13. The van der Waals surface area contributed by atoms with Crippen LogP contribution in [0.25, 0.3) is 11.3 Å². The fourth-order valence-corrected chi connectivity index (χ4v) is 2.15. The molecule has 106 valence electrons. The highest BCUT2D eigenvalue weighted by molar-refractivity contribution is 5.71. The summed E-state index contributed by atoms with van der Waals surface area (Å²) in [6.07, 6.45) is 1.41. The normalized spacial score (nSPS) is 10.7. The number of ether oxygens (including phenoxy) is 2. The molecule has 1 aromatic heterocycles. The van der Waals surface area contributed by atoms with Crippen LogP contribution in [0.3, 0.4) is 0 Å². The number of H-pyrrole nitrogens is 1. The average molecular weight is 274 g/mol. The van der Waals surface area contributed by atoms with Crippen molar-refractivity contribution < 1.29 is 9.47 Å². The van der Waals surface area contributed by atoms with Crippen LogP contribution in [0.1, 0.15) is 25.3 Å². The van der Waals surface area contributed by atoms with Gasteiger partial charge in [-0.1, -0.05) is 13.8 Å². The lowest BCUT2D eigenvalue weighted by Gasteiger charge is -2.14. The van der Waals surface area contributed by atoms with Gasteiger partial charge in [-0.05, 0) is 18.1 Å². The molecule has 0 amide bonds. The van der Waals surface area contributed by atoms with Crippen molar-refractivity contribution in [1.82, 2.24) is 9.97 Å². The molecule has 1 N–H and O–H groups in total. The number of aromatic nitrogens is 2. The first kappa shape index (κ1) is 14.1. The molecule has 2 rings (SSSR count). The molecule has 0 aliphatic carbocycles. The minimum Gasteiger partial charge on any atom is -0.497 e. The van der Waals surface area contributed by atoms with Gasteiger partial charge in [0.1, 0.15) is 11.5 Å². The zero-order valence-electron chi connectivity index (χ0n) is 12.1. The molecule has 0 radical (unpaired) electrons. The summed E-state index contributed by atoms with van der Waals surface area (Å²) in [5.41, 5.74) is 1.95. The van der Waals surface area contributed by atoms with Gasteiger partial charge in [-0.25, -0.2) is 4.98 Å². The van der Waals surface area contributed by atoms with Gasteiger partial charge < -0.3 is 14.5 Å². The summed E-state index contributed by atoms with van der Waals surface area (Å²) in [6, 6.07) is 5.46. The quantitative estimate of drug-likeness (QED) is 0.930. The first-order valence-corrected chi connectivity index (χ1v) is 6.38. The van der Waals surface area contributed by atoms with Crippen molar-refractivity contribution in [2.45, 2.75) is 19.8 Å². The molecule has 2 aromatic rings. The van der Waals surface area contributed by atoms with Gasteiger partial charge in [0.15, 0.2) is 0 Å². The number of benzene rings is 1. The summed E-state index contributed by atoms with van der Waals surface area (Å²) in [6.45, 7) is 3.93. The Balaban J connectivity index is 2.68. The van der Waals surface area contributed by atoms with Gasteiger partial charge >= 0.3 is 0 Å². The molecule has 0 bridgehead atoms. The van der Waals surface area contributed by atoms with Crippen molar-refractivity contribution in [3.8, 4) is 22.8 Å². The van der Waals surface area contributed by atoms with Crippen molar-refractivity contribution in [2.24, 2.45) is 0 Å². The zero-order chi connectivity index (χ0) is 14.7. The van der Waals surface area contributed by atoms with Crippen LogP contribution in [0.4, 0.5) is 0 Å². The molecule has 0 unspecified atom stereocenters. The second kappa shape index (κ2) is 5.77. The van der Waals surface area contributed by atoms with E-state index in [1.807, 2.05) is 26.0 Å². The average Bonchev–Trinajstić information content (AvgIpc) is 2.45. The Morgan fingerprint density at radius 2 is 1.95 bits per heavy atom. The van der Waals surface area contributed by atoms with E-state index in [9.17, 15) is 4.79 Å². The van der Waals surface area contributed by atoms with Crippen LogP contribution in [-0.2, 0) is 0 Å². The Kier molecular flexibility index (Phi) is 4.08. The van der Waals surface area contributed by atoms with Crippen LogP contribution in [0, 0.1) is 0 Å². The Morgan fingerprint density at radius 3 is 2.55 bits per heavy atom. The van der Waals surface area contributed by atoms with Crippen LogP contribution >= 0.6 is 0 Å². The highest BCUT2D eigenvalue weighted by atomic mass is 16.5. The maximum absolute atomic E-state index is 12.0. The number of hydrogen-bond acceptors (Lipinski definition) is 4. The molecule has 0 atom stereocenters. The van der Waals surface area contributed by atoms with Crippen LogP contribution in [-0.4, -0.2) is 24.2 Å². The van der Waals surface area contributed by atoms with Crippen LogP contribution in [0.2, 0.25) is 0 Å². The van der Waals surface area contributed by atoms with Gasteiger partial charge in [-0.2, -0.15) is 0 Å². The van der Waals surface area contributed by atoms with Gasteiger partial charge in [-0.15, -0.1) is 0 Å². The maximum atomic E-state index is 12.0. The molecule has 1 aromatic carbocycles. The SMILES string of the molecule is COc1ccc(-c2nc[nH]c(=O)c2C(C)C)c(OC)c1. The second-order valence-corrected chi connectivity index (χ2v) is 4.71. The number of hydrogen-bond donors (Lipinski definition) is 1. The molecule has 5 nitrogen and oxygen atoms in total. The number of rotatable bonds is 4. The van der Waals surface area contributed by atoms with Crippen LogP contribution in [0.15, 0.2) is 29.3 Å². The first-order chi connectivity index (χ1) is 9.58. The zero-order valence-corrected chi connectivity index (χ0v) is 12.1. The lowest BCUT2D eigenvalue weighted by Crippen LogP contribution is -2.16. The Morgan fingerprint density at radius 1 is 1.20 bits per heavy atom. The number of methoxy groups -OCH3 is 2. The summed E-state index contributed by atoms with van der Waals surface area (Å²) < 4.78 is 10.6. The third-order valence-corrected chi connectivity index (χ3v) is 3.13. The number of nitrogens with zero attached hydrogens (tertiary/aromatic N) is 1. The largest absolute Gasteiger partial charge is 0.497 e. The van der Waals surface area contributed by atoms with Crippen LogP contribution < -0.4 is 15.0 Å². The maximum Gasteiger partial charge on any atom is 0.254 e. The summed E-state index contributed by atoms with van der Waals surface area (Å²) in [4.78, 5) is 19.0. The second-order valence-electron chi connectivity index (χ2n) is 4.71. The Labute approximate surface area is 117 Å². The Bertz CT molecular complexity index is 662. The van der Waals surface area contributed by atoms with Crippen LogP contribution in [0.5, 0.6) is 11.5 Å². The van der Waals surface area contributed by atoms with E-state index >= 15 is 0 Å². The first-order valence-electron chi connectivity index (χ1n) is 6.38. The van der Waals surface area contributed by atoms with E-state index in [0.29, 0.717) is 22.8 Å². The van der Waals surface area contributed by atoms with Gasteiger partial charge in [0.25, 0.3) is 5.56 Å². The topological polar surface area (TPSA) is 64.2 Å². The van der Waals surface area contributed by atoms with Gasteiger partial charge in [0.05, 0.1) is 26.2 Å². The fraction of sp³-hybridized carbons (Fsp3) is 0.333. The molecule has 0 aliphatic heterocycles. The minimum absolute atomic E-state index is 0.0641. The van der Waals surface area contributed by atoms with Crippen molar-refractivity contribution >= 4 is 0 Å². The smallest absolute Gasteiger partial charge is 0.254 e. The van der Waals surface area contributed by atoms with Gasteiger partial charge in [0.2, 0.25) is 0 Å². The lowest BCUT2D eigenvalue weighted by molar-refractivity contribution is 0.395. The molecule has 5 heteroatoms. The van der Waals surface area contributed by atoms with Gasteiger partial charge in [-0.3, -0.25) is 4.79 Å². The van der Waals surface area contributed by atoms with E-state index in [1.54, 1.807) is 20.3 Å². The van der Waals surface area contributed by atoms with E-state index in [2.05, 4.69) is 9.97 Å². The van der Waals surface area contributed by atoms with Crippen molar-refractivity contribution in [1.29, 1.82) is 0 Å². The molecular formula is C15H18N2O3. The molecule has 20 heavy (non-hydrogen) atoms. The molecular weight excluding hydrogens is 256 g/mol. The van der Waals surface area contributed by atoms with Crippen molar-refractivity contribution in [3.05, 3.63) is 40.4 Å². The monoisotopic (exact) mass is 274 g/mol. The predicted molar refractivity (Wildman–Crippen MR) is 77.5 cm³/mol. The summed E-state index contributed by atoms with van der Waals surface area (Å²) in [5, 5.41) is 0. The lowest BCUT2D eigenvalue weighted by atomic mass is 9.98. The standard InChI is InChI=1S/C15H18N2O3/c1-9(2)13-14(16-8-17-15(13)18)11-6-5-10(19-3)7-12(11)20-4/h5-9H,1-4H3,(H,16,17,18). The third kappa shape index (κ3) is 2.52. The molecule has 0 fully saturated rings. The summed E-state index contributed by atoms with van der Waals surface area (Å²) in [7, 11) is 3.18. The van der Waals surface area contributed by atoms with E-state index < -0.39 is 0 Å². The number of nitrogens with one attached hydrogen (secondary N) is 1. The van der Waals surface area contributed by atoms with E-state index in [0.717, 1.165) is 5.56 Å². The van der Waals surface area contributed by atoms with Crippen molar-refractivity contribution in [2.75, 3.05) is 14.2 Å². The molecule has 0 saturated heterocycles. The summed E-state index contributed by atoms with van der Waals surface area (Å²) in [5.74, 6) is 1.39. The molecule has 0 spiro atoms. The summed E-state index contributed by atoms with van der Waals surface area (Å²) >= 11 is 0. The predicted octanol–water partition coefficient (Wildman–Crippen LogP) is 2.58. The van der Waals surface area contributed by atoms with E-state index in [1.165, 1.54) is 6.33 Å². The van der Waals surface area contributed by atoms with Gasteiger partial charge in [0, 0.05) is 17.2 Å². The van der Waals surface area contributed by atoms with Crippen molar-refractivity contribution in [3.63, 3.8) is 0 Å². The Hall–Kier alpha value is -2.30. The fourth-order valence-electron chi connectivity index (χ4n) is 2.15. The highest BCUT2D eigenvalue weighted by Crippen LogP contribution is 2.34. The molecule has 0 aliphatic rings.